The van der Waals surface area contributed by atoms with Gasteiger partial charge in [0.25, 0.3) is 0 Å². The minimum absolute atomic E-state index is 0.0632. The van der Waals surface area contributed by atoms with E-state index in [0.29, 0.717) is 31.8 Å². The second-order valence-corrected chi connectivity index (χ2v) is 8.46. The number of carbonyl (C=O) groups excluding carboxylic acids is 2. The number of ether oxygens (including phenoxy) is 3. The molecule has 3 rings (SSSR count). The van der Waals surface area contributed by atoms with Crippen LogP contribution in [0.5, 0.6) is 5.75 Å². The first-order valence-electron chi connectivity index (χ1n) is 12.3. The van der Waals surface area contributed by atoms with Crippen LogP contribution in [-0.2, 0) is 20.7 Å². The fourth-order valence-electron chi connectivity index (χ4n) is 3.81. The number of hydrogen-bond donors (Lipinski definition) is 0. The maximum atomic E-state index is 12.1. The molecule has 3 aromatic rings. The third-order valence-corrected chi connectivity index (χ3v) is 5.84. The molecular weight excluding hydrogens is 452 g/mol. The fourth-order valence-corrected chi connectivity index (χ4v) is 3.81. The first-order chi connectivity index (χ1) is 17.4. The minimum Gasteiger partial charge on any atom is -0.490 e. The number of rotatable bonds is 12. The Balaban J connectivity index is 1.56. The molecule has 0 saturated carbocycles. The zero-order valence-electron chi connectivity index (χ0n) is 21.5. The van der Waals surface area contributed by atoms with Gasteiger partial charge >= 0.3 is 5.97 Å². The molecule has 0 unspecified atom stereocenters. The molecule has 0 aliphatic heterocycles. The average Bonchev–Trinajstić information content (AvgIpc) is 2.89. The van der Waals surface area contributed by atoms with Crippen LogP contribution >= 0.6 is 0 Å². The van der Waals surface area contributed by atoms with E-state index in [1.807, 2.05) is 61.5 Å². The van der Waals surface area contributed by atoms with E-state index in [2.05, 4.69) is 31.2 Å². The summed E-state index contributed by atoms with van der Waals surface area (Å²) in [5.41, 5.74) is 6.02. The molecular formula is C31H34O5. The molecule has 0 aliphatic rings. The van der Waals surface area contributed by atoms with Crippen LogP contribution in [-0.4, -0.2) is 37.7 Å². The van der Waals surface area contributed by atoms with Gasteiger partial charge in [-0.2, -0.15) is 0 Å². The van der Waals surface area contributed by atoms with E-state index in [1.54, 1.807) is 13.8 Å². The standard InChI is InChI=1S/C31H34O5/c1-5-34-30(31(33)35-6-2)20-24-10-16-29(17-11-24)36-19-18-22(3)25-12-14-26(15-13-25)28-9-7-8-27(21-28)23(4)32/h7-18,21,30H,5-6,19-20H2,1-4H3/b22-18+/t30-/m0/s1. The van der Waals surface area contributed by atoms with E-state index < -0.39 is 6.10 Å². The van der Waals surface area contributed by atoms with E-state index in [4.69, 9.17) is 14.2 Å². The lowest BCUT2D eigenvalue weighted by molar-refractivity contribution is -0.156. The molecule has 3 aromatic carbocycles. The highest BCUT2D eigenvalue weighted by Gasteiger charge is 2.20. The Morgan fingerprint density at radius 3 is 2.19 bits per heavy atom. The second-order valence-electron chi connectivity index (χ2n) is 8.46. The molecule has 0 radical (unpaired) electrons. The maximum absolute atomic E-state index is 12.1. The molecule has 0 heterocycles. The van der Waals surface area contributed by atoms with E-state index in [1.165, 1.54) is 0 Å². The molecule has 0 fully saturated rings. The monoisotopic (exact) mass is 486 g/mol. The van der Waals surface area contributed by atoms with Crippen molar-refractivity contribution in [3.05, 3.63) is 95.6 Å². The van der Waals surface area contributed by atoms with Crippen molar-refractivity contribution in [3.63, 3.8) is 0 Å². The lowest BCUT2D eigenvalue weighted by atomic mass is 9.99. The zero-order valence-corrected chi connectivity index (χ0v) is 21.5. The molecule has 0 bridgehead atoms. The van der Waals surface area contributed by atoms with Crippen LogP contribution < -0.4 is 4.74 Å². The van der Waals surface area contributed by atoms with Crippen molar-refractivity contribution < 1.29 is 23.8 Å². The average molecular weight is 487 g/mol. The van der Waals surface area contributed by atoms with Crippen LogP contribution in [0.4, 0.5) is 0 Å². The van der Waals surface area contributed by atoms with Crippen LogP contribution in [0.15, 0.2) is 78.9 Å². The summed E-state index contributed by atoms with van der Waals surface area (Å²) in [6.45, 7) is 8.51. The Hall–Kier alpha value is -3.70. The minimum atomic E-state index is -0.600. The normalized spacial score (nSPS) is 12.2. The number of carbonyl (C=O) groups is 2. The Kier molecular flexibility index (Phi) is 10.0. The zero-order chi connectivity index (χ0) is 25.9. The lowest BCUT2D eigenvalue weighted by Gasteiger charge is -2.15. The summed E-state index contributed by atoms with van der Waals surface area (Å²) in [5, 5.41) is 0. The smallest absolute Gasteiger partial charge is 0.335 e. The predicted molar refractivity (Wildman–Crippen MR) is 143 cm³/mol. The molecule has 0 aliphatic carbocycles. The van der Waals surface area contributed by atoms with Crippen molar-refractivity contribution in [3.8, 4) is 16.9 Å². The summed E-state index contributed by atoms with van der Waals surface area (Å²) in [6, 6.07) is 23.7. The van der Waals surface area contributed by atoms with E-state index in [0.717, 1.165) is 33.6 Å². The fraction of sp³-hybridized carbons (Fsp3) is 0.290. The molecule has 36 heavy (non-hydrogen) atoms. The summed E-state index contributed by atoms with van der Waals surface area (Å²) < 4.78 is 16.5. The highest BCUT2D eigenvalue weighted by molar-refractivity contribution is 5.95. The first-order valence-corrected chi connectivity index (χ1v) is 12.3. The number of benzene rings is 3. The highest BCUT2D eigenvalue weighted by Crippen LogP contribution is 2.24. The lowest BCUT2D eigenvalue weighted by Crippen LogP contribution is -2.28. The number of ketones is 1. The molecule has 0 aromatic heterocycles. The van der Waals surface area contributed by atoms with Gasteiger partial charge in [0.2, 0.25) is 0 Å². The van der Waals surface area contributed by atoms with Gasteiger partial charge in [-0.15, -0.1) is 0 Å². The van der Waals surface area contributed by atoms with Crippen LogP contribution in [0.25, 0.3) is 16.7 Å². The SMILES string of the molecule is CCOC(=O)[C@H](Cc1ccc(OC/C=C(\C)c2ccc(-c3cccc(C(C)=O)c3)cc2)cc1)OCC. The largest absolute Gasteiger partial charge is 0.490 e. The number of allylic oxidation sites excluding steroid dienone is 1. The third-order valence-electron chi connectivity index (χ3n) is 5.84. The molecule has 5 heteroatoms. The van der Waals surface area contributed by atoms with Gasteiger partial charge in [-0.1, -0.05) is 54.6 Å². The summed E-state index contributed by atoms with van der Waals surface area (Å²) in [4.78, 5) is 23.7. The van der Waals surface area contributed by atoms with Gasteiger partial charge in [-0.3, -0.25) is 4.79 Å². The van der Waals surface area contributed by atoms with Crippen molar-refractivity contribution >= 4 is 17.3 Å². The van der Waals surface area contributed by atoms with Crippen molar-refractivity contribution in [1.29, 1.82) is 0 Å². The Bertz CT molecular complexity index is 1180. The van der Waals surface area contributed by atoms with Gasteiger partial charge < -0.3 is 14.2 Å². The van der Waals surface area contributed by atoms with Crippen molar-refractivity contribution in [1.82, 2.24) is 0 Å². The maximum Gasteiger partial charge on any atom is 0.335 e. The molecule has 188 valence electrons. The molecule has 0 saturated heterocycles. The van der Waals surface area contributed by atoms with E-state index in [-0.39, 0.29) is 11.8 Å². The van der Waals surface area contributed by atoms with Crippen molar-refractivity contribution in [2.75, 3.05) is 19.8 Å². The van der Waals surface area contributed by atoms with Crippen LogP contribution in [0.2, 0.25) is 0 Å². The molecule has 0 N–H and O–H groups in total. The van der Waals surface area contributed by atoms with Gasteiger partial charge in [0.15, 0.2) is 11.9 Å². The Morgan fingerprint density at radius 1 is 0.833 bits per heavy atom. The summed E-state index contributed by atoms with van der Waals surface area (Å²) in [7, 11) is 0. The number of hydrogen-bond acceptors (Lipinski definition) is 5. The topological polar surface area (TPSA) is 61.8 Å². The van der Waals surface area contributed by atoms with Gasteiger partial charge in [0.05, 0.1) is 6.61 Å². The quantitative estimate of drug-likeness (QED) is 0.215. The van der Waals surface area contributed by atoms with Crippen molar-refractivity contribution in [2.24, 2.45) is 0 Å². The van der Waals surface area contributed by atoms with E-state index in [9.17, 15) is 9.59 Å². The summed E-state index contributed by atoms with van der Waals surface area (Å²) in [6.07, 6.45) is 1.91. The Labute approximate surface area is 213 Å². The van der Waals surface area contributed by atoms with Crippen LogP contribution in [0.3, 0.4) is 0 Å². The number of esters is 1. The van der Waals surface area contributed by atoms with Gasteiger partial charge in [0, 0.05) is 18.6 Å². The first kappa shape index (κ1) is 26.9. The molecule has 5 nitrogen and oxygen atoms in total. The second kappa shape index (κ2) is 13.4. The molecule has 0 spiro atoms. The highest BCUT2D eigenvalue weighted by atomic mass is 16.6. The van der Waals surface area contributed by atoms with E-state index >= 15 is 0 Å². The Morgan fingerprint density at radius 2 is 1.56 bits per heavy atom. The number of Topliss-reactive ketones (excluding diaryl/α,β-unsaturated/α-hetero) is 1. The van der Waals surface area contributed by atoms with Crippen molar-refractivity contribution in [2.45, 2.75) is 40.2 Å². The van der Waals surface area contributed by atoms with Crippen LogP contribution in [0, 0.1) is 0 Å². The summed E-state index contributed by atoms with van der Waals surface area (Å²) in [5.74, 6) is 0.485. The predicted octanol–water partition coefficient (Wildman–Crippen LogP) is 6.55. The third kappa shape index (κ3) is 7.65. The molecule has 1 atom stereocenters. The molecule has 0 amide bonds. The summed E-state index contributed by atoms with van der Waals surface area (Å²) >= 11 is 0. The van der Waals surface area contributed by atoms with Gasteiger partial charge in [-0.25, -0.2) is 4.79 Å². The van der Waals surface area contributed by atoms with Gasteiger partial charge in [0.1, 0.15) is 12.4 Å². The van der Waals surface area contributed by atoms with Crippen LogP contribution in [0.1, 0.15) is 49.2 Å². The van der Waals surface area contributed by atoms with Gasteiger partial charge in [-0.05, 0) is 79.8 Å².